The van der Waals surface area contributed by atoms with Crippen molar-refractivity contribution in [2.45, 2.75) is 13.0 Å². The van der Waals surface area contributed by atoms with Crippen molar-refractivity contribution in [1.82, 2.24) is 29.7 Å². The highest BCUT2D eigenvalue weighted by molar-refractivity contribution is 7.09. The predicted molar refractivity (Wildman–Crippen MR) is 101 cm³/mol. The number of aromatic nitrogens is 3. The summed E-state index contributed by atoms with van der Waals surface area (Å²) in [5.41, 5.74) is 1.81. The third-order valence-corrected chi connectivity index (χ3v) is 5.66. The number of pyridine rings is 1. The number of carbonyl (C=O) groups excluding carboxylic acids is 1. The number of thiophene rings is 1. The quantitative estimate of drug-likeness (QED) is 0.745. The first-order valence-electron chi connectivity index (χ1n) is 8.84. The van der Waals surface area contributed by atoms with Crippen LogP contribution in [0.2, 0.25) is 0 Å². The highest BCUT2D eigenvalue weighted by atomic mass is 32.1. The summed E-state index contributed by atoms with van der Waals surface area (Å²) in [5.74, 6) is 0. The monoisotopic (exact) mass is 370 g/mol. The molecular weight excluding hydrogens is 348 g/mol. The van der Waals surface area contributed by atoms with E-state index in [1.165, 1.54) is 4.88 Å². The van der Waals surface area contributed by atoms with Gasteiger partial charge in [0.25, 0.3) is 0 Å². The number of hydrogen-bond acceptors (Lipinski definition) is 5. The first-order chi connectivity index (χ1) is 12.8. The molecule has 26 heavy (non-hydrogen) atoms. The van der Waals surface area contributed by atoms with Gasteiger partial charge in [0.05, 0.1) is 0 Å². The van der Waals surface area contributed by atoms with Crippen LogP contribution in [-0.2, 0) is 13.0 Å². The van der Waals surface area contributed by atoms with Gasteiger partial charge in [-0.3, -0.25) is 9.30 Å². The molecule has 2 amide bonds. The molecule has 0 saturated carbocycles. The first kappa shape index (κ1) is 17.0. The second kappa shape index (κ2) is 7.84. The van der Waals surface area contributed by atoms with Crippen LogP contribution in [0.5, 0.6) is 0 Å². The topological polar surface area (TPSA) is 65.8 Å². The summed E-state index contributed by atoms with van der Waals surface area (Å²) in [6, 6.07) is 8.20. The molecule has 0 aromatic carbocycles. The lowest BCUT2D eigenvalue weighted by Gasteiger charge is -2.34. The van der Waals surface area contributed by atoms with Gasteiger partial charge in [-0.15, -0.1) is 21.5 Å². The van der Waals surface area contributed by atoms with Gasteiger partial charge in [0, 0.05) is 50.3 Å². The van der Waals surface area contributed by atoms with Gasteiger partial charge in [-0.1, -0.05) is 6.07 Å². The summed E-state index contributed by atoms with van der Waals surface area (Å²) in [6.45, 7) is 4.99. The number of fused-ring (bicyclic) bond motifs is 1. The summed E-state index contributed by atoms with van der Waals surface area (Å²) in [7, 11) is 0. The van der Waals surface area contributed by atoms with Gasteiger partial charge >= 0.3 is 6.03 Å². The zero-order valence-electron chi connectivity index (χ0n) is 14.5. The highest BCUT2D eigenvalue weighted by Crippen LogP contribution is 2.11. The largest absolute Gasteiger partial charge is 0.334 e. The summed E-state index contributed by atoms with van der Waals surface area (Å²) < 4.78 is 1.85. The molecule has 0 radical (unpaired) electrons. The van der Waals surface area contributed by atoms with Crippen molar-refractivity contribution in [3.63, 3.8) is 0 Å². The van der Waals surface area contributed by atoms with Crippen LogP contribution in [0.4, 0.5) is 4.79 Å². The number of nitrogens with one attached hydrogen (secondary N) is 1. The van der Waals surface area contributed by atoms with Crippen molar-refractivity contribution in [2.24, 2.45) is 0 Å². The maximum atomic E-state index is 12.4. The molecule has 1 N–H and O–H groups in total. The van der Waals surface area contributed by atoms with Crippen LogP contribution in [0, 0.1) is 0 Å². The molecule has 7 nitrogen and oxygen atoms in total. The Morgan fingerprint density at radius 2 is 2.12 bits per heavy atom. The summed E-state index contributed by atoms with van der Waals surface area (Å²) in [6.07, 6.45) is 4.66. The third-order valence-electron chi connectivity index (χ3n) is 4.72. The van der Waals surface area contributed by atoms with Crippen molar-refractivity contribution in [3.8, 4) is 0 Å². The van der Waals surface area contributed by atoms with Gasteiger partial charge in [0.15, 0.2) is 5.65 Å². The smallest absolute Gasteiger partial charge is 0.317 e. The molecule has 4 heterocycles. The second-order valence-electron chi connectivity index (χ2n) is 6.45. The molecule has 0 atom stereocenters. The van der Waals surface area contributed by atoms with E-state index in [1.54, 1.807) is 6.33 Å². The molecule has 1 fully saturated rings. The van der Waals surface area contributed by atoms with Crippen molar-refractivity contribution < 1.29 is 4.79 Å². The van der Waals surface area contributed by atoms with E-state index in [4.69, 9.17) is 0 Å². The lowest BCUT2D eigenvalue weighted by Crippen LogP contribution is -2.51. The fourth-order valence-corrected chi connectivity index (χ4v) is 3.85. The molecule has 8 heteroatoms. The molecule has 3 aromatic rings. The number of piperazine rings is 1. The molecule has 0 unspecified atom stereocenters. The average molecular weight is 370 g/mol. The number of nitrogens with zero attached hydrogens (tertiary/aromatic N) is 5. The van der Waals surface area contributed by atoms with Gasteiger partial charge in [0.1, 0.15) is 6.33 Å². The van der Waals surface area contributed by atoms with Crippen molar-refractivity contribution in [1.29, 1.82) is 0 Å². The number of amides is 2. The molecule has 4 rings (SSSR count). The van der Waals surface area contributed by atoms with E-state index in [1.807, 2.05) is 39.0 Å². The molecule has 0 aliphatic carbocycles. The minimum Gasteiger partial charge on any atom is -0.334 e. The van der Waals surface area contributed by atoms with Crippen molar-refractivity contribution in [2.75, 3.05) is 32.7 Å². The standard InChI is InChI=1S/C18H22N6OS/c25-18(19-13-15-3-6-24-14-20-21-17(24)12-15)23-9-7-22(8-10-23)5-4-16-2-1-11-26-16/h1-3,6,11-12,14H,4-5,7-10,13H2,(H,19,25). The van der Waals surface area contributed by atoms with Crippen molar-refractivity contribution >= 4 is 23.0 Å². The van der Waals surface area contributed by atoms with E-state index in [2.05, 4.69) is 37.9 Å². The number of urea groups is 1. The minimum absolute atomic E-state index is 0.00393. The molecule has 0 spiro atoms. The van der Waals surface area contributed by atoms with Crippen LogP contribution >= 0.6 is 11.3 Å². The molecule has 0 bridgehead atoms. The zero-order chi connectivity index (χ0) is 17.8. The second-order valence-corrected chi connectivity index (χ2v) is 7.48. The SMILES string of the molecule is O=C(NCc1ccn2cnnc2c1)N1CCN(CCc2cccs2)CC1. The Balaban J connectivity index is 1.21. The maximum Gasteiger partial charge on any atom is 0.317 e. The molecule has 3 aromatic heterocycles. The third kappa shape index (κ3) is 4.03. The average Bonchev–Trinajstić information content (AvgIpc) is 3.36. The van der Waals surface area contributed by atoms with Crippen LogP contribution in [0.3, 0.4) is 0 Å². The molecule has 1 aliphatic rings. The van der Waals surface area contributed by atoms with Crippen LogP contribution in [0.1, 0.15) is 10.4 Å². The fourth-order valence-electron chi connectivity index (χ4n) is 3.16. The van der Waals surface area contributed by atoms with Gasteiger partial charge < -0.3 is 10.2 Å². The van der Waals surface area contributed by atoms with E-state index < -0.39 is 0 Å². The molecule has 1 saturated heterocycles. The van der Waals surface area contributed by atoms with Crippen molar-refractivity contribution in [3.05, 3.63) is 52.6 Å². The number of carbonyl (C=O) groups is 1. The molecular formula is C18H22N6OS. The summed E-state index contributed by atoms with van der Waals surface area (Å²) in [5, 5.41) is 13.0. The minimum atomic E-state index is 0.00393. The molecule has 136 valence electrons. The zero-order valence-corrected chi connectivity index (χ0v) is 15.4. The van der Waals surface area contributed by atoms with E-state index >= 15 is 0 Å². The lowest BCUT2D eigenvalue weighted by molar-refractivity contribution is 0.140. The van der Waals surface area contributed by atoms with Crippen LogP contribution in [0.15, 0.2) is 42.2 Å². The summed E-state index contributed by atoms with van der Waals surface area (Å²) >= 11 is 1.81. The number of hydrogen-bond donors (Lipinski definition) is 1. The number of rotatable bonds is 5. The first-order valence-corrected chi connectivity index (χ1v) is 9.72. The van der Waals surface area contributed by atoms with Gasteiger partial charge in [-0.2, -0.15) is 0 Å². The van der Waals surface area contributed by atoms with Crippen LogP contribution in [0.25, 0.3) is 5.65 Å². The Morgan fingerprint density at radius 1 is 1.23 bits per heavy atom. The van der Waals surface area contributed by atoms with E-state index in [-0.39, 0.29) is 6.03 Å². The van der Waals surface area contributed by atoms with E-state index in [0.717, 1.165) is 50.4 Å². The van der Waals surface area contributed by atoms with E-state index in [0.29, 0.717) is 6.54 Å². The van der Waals surface area contributed by atoms with Gasteiger partial charge in [0.2, 0.25) is 0 Å². The Hall–Kier alpha value is -2.45. The Bertz CT molecular complexity index is 854. The van der Waals surface area contributed by atoms with E-state index in [9.17, 15) is 4.79 Å². The Labute approximate surface area is 156 Å². The fraction of sp³-hybridized carbons (Fsp3) is 0.389. The highest BCUT2D eigenvalue weighted by Gasteiger charge is 2.20. The normalized spacial score (nSPS) is 15.5. The Morgan fingerprint density at radius 3 is 2.92 bits per heavy atom. The summed E-state index contributed by atoms with van der Waals surface area (Å²) in [4.78, 5) is 18.2. The van der Waals surface area contributed by atoms with Crippen LogP contribution in [-0.4, -0.2) is 63.2 Å². The van der Waals surface area contributed by atoms with Gasteiger partial charge in [-0.05, 0) is 35.6 Å². The Kier molecular flexibility index (Phi) is 5.12. The predicted octanol–water partition coefficient (Wildman–Crippen LogP) is 1.86. The van der Waals surface area contributed by atoms with Crippen LogP contribution < -0.4 is 5.32 Å². The van der Waals surface area contributed by atoms with Gasteiger partial charge in [-0.25, -0.2) is 4.79 Å². The molecule has 1 aliphatic heterocycles. The maximum absolute atomic E-state index is 12.4. The lowest BCUT2D eigenvalue weighted by atomic mass is 10.2.